The molecule has 0 bridgehead atoms. The molecule has 0 aliphatic heterocycles. The Morgan fingerprint density at radius 1 is 1.31 bits per heavy atom. The summed E-state index contributed by atoms with van der Waals surface area (Å²) in [6.07, 6.45) is 3.81. The summed E-state index contributed by atoms with van der Waals surface area (Å²) in [5, 5.41) is 0. The maximum absolute atomic E-state index is 3.92. The third kappa shape index (κ3) is 4.12. The second-order valence-electron chi connectivity index (χ2n) is 4.11. The summed E-state index contributed by atoms with van der Waals surface area (Å²) < 4.78 is 0. The number of hydrogen-bond acceptors (Lipinski definition) is 0. The van der Waals surface area contributed by atoms with Gasteiger partial charge in [-0.25, -0.2) is 0 Å². The van der Waals surface area contributed by atoms with Gasteiger partial charge < -0.3 is 0 Å². The molecular weight excluding hydrogens is 156 g/mol. The molecule has 0 amide bonds. The Bertz CT molecular complexity index is 248. The van der Waals surface area contributed by atoms with Crippen LogP contribution in [-0.4, -0.2) is 0 Å². The SMILES string of the molecule is [CH2]c1cccc(CCCC(C)C)c1. The van der Waals surface area contributed by atoms with Crippen LogP contribution in [0.2, 0.25) is 0 Å². The van der Waals surface area contributed by atoms with Crippen molar-refractivity contribution in [3.63, 3.8) is 0 Å². The van der Waals surface area contributed by atoms with E-state index >= 15 is 0 Å². The van der Waals surface area contributed by atoms with Crippen LogP contribution in [-0.2, 0) is 6.42 Å². The van der Waals surface area contributed by atoms with Crippen molar-refractivity contribution in [2.75, 3.05) is 0 Å². The Morgan fingerprint density at radius 2 is 2.08 bits per heavy atom. The average Bonchev–Trinajstić information content (AvgIpc) is 2.03. The van der Waals surface area contributed by atoms with Gasteiger partial charge in [-0.15, -0.1) is 0 Å². The maximum Gasteiger partial charge on any atom is -0.0238 e. The highest BCUT2D eigenvalue weighted by molar-refractivity contribution is 5.25. The van der Waals surface area contributed by atoms with E-state index in [-0.39, 0.29) is 0 Å². The van der Waals surface area contributed by atoms with Crippen molar-refractivity contribution in [1.82, 2.24) is 0 Å². The Kier molecular flexibility index (Phi) is 4.01. The summed E-state index contributed by atoms with van der Waals surface area (Å²) in [7, 11) is 0. The minimum absolute atomic E-state index is 0.822. The van der Waals surface area contributed by atoms with Gasteiger partial charge in [0.15, 0.2) is 0 Å². The maximum atomic E-state index is 3.92. The topological polar surface area (TPSA) is 0 Å². The van der Waals surface area contributed by atoms with E-state index in [1.165, 1.54) is 24.8 Å². The highest BCUT2D eigenvalue weighted by atomic mass is 14.0. The number of benzene rings is 1. The lowest BCUT2D eigenvalue weighted by Gasteiger charge is -2.04. The molecule has 0 spiro atoms. The van der Waals surface area contributed by atoms with Crippen molar-refractivity contribution in [2.45, 2.75) is 33.1 Å². The summed E-state index contributed by atoms with van der Waals surface area (Å²) in [5.41, 5.74) is 2.55. The van der Waals surface area contributed by atoms with Crippen LogP contribution in [0.15, 0.2) is 24.3 Å². The van der Waals surface area contributed by atoms with Crippen LogP contribution in [0.5, 0.6) is 0 Å². The highest BCUT2D eigenvalue weighted by Crippen LogP contribution is 2.10. The largest absolute Gasteiger partial charge is 0.0628 e. The van der Waals surface area contributed by atoms with E-state index in [2.05, 4.69) is 39.0 Å². The summed E-state index contributed by atoms with van der Waals surface area (Å²) >= 11 is 0. The first kappa shape index (κ1) is 10.3. The number of rotatable bonds is 4. The van der Waals surface area contributed by atoms with Gasteiger partial charge in [-0.2, -0.15) is 0 Å². The van der Waals surface area contributed by atoms with Gasteiger partial charge in [0.25, 0.3) is 0 Å². The molecule has 0 aliphatic carbocycles. The van der Waals surface area contributed by atoms with Crippen molar-refractivity contribution in [2.24, 2.45) is 5.92 Å². The fourth-order valence-corrected chi connectivity index (χ4v) is 1.50. The molecule has 0 heteroatoms. The number of hydrogen-bond donors (Lipinski definition) is 0. The number of aryl methyl sites for hydroxylation is 1. The molecule has 1 aromatic carbocycles. The smallest absolute Gasteiger partial charge is 0.0238 e. The summed E-state index contributed by atoms with van der Waals surface area (Å²) in [5.74, 6) is 0.822. The molecule has 71 valence electrons. The van der Waals surface area contributed by atoms with Gasteiger partial charge in [-0.3, -0.25) is 0 Å². The minimum atomic E-state index is 0.822. The van der Waals surface area contributed by atoms with E-state index in [9.17, 15) is 0 Å². The summed E-state index contributed by atoms with van der Waals surface area (Å²) in [6, 6.07) is 8.51. The second-order valence-corrected chi connectivity index (χ2v) is 4.11. The summed E-state index contributed by atoms with van der Waals surface area (Å²) in [6.45, 7) is 8.48. The van der Waals surface area contributed by atoms with Gasteiger partial charge in [0.2, 0.25) is 0 Å². The first-order valence-corrected chi connectivity index (χ1v) is 5.09. The van der Waals surface area contributed by atoms with Gasteiger partial charge in [0, 0.05) is 0 Å². The van der Waals surface area contributed by atoms with E-state index in [1.54, 1.807) is 0 Å². The minimum Gasteiger partial charge on any atom is -0.0628 e. The van der Waals surface area contributed by atoms with Gasteiger partial charge >= 0.3 is 0 Å². The lowest BCUT2D eigenvalue weighted by atomic mass is 10.0. The van der Waals surface area contributed by atoms with E-state index in [4.69, 9.17) is 0 Å². The molecule has 0 aliphatic rings. The fraction of sp³-hybridized carbons (Fsp3) is 0.462. The zero-order chi connectivity index (χ0) is 9.68. The van der Waals surface area contributed by atoms with Crippen molar-refractivity contribution in [1.29, 1.82) is 0 Å². The van der Waals surface area contributed by atoms with Gasteiger partial charge in [0.05, 0.1) is 0 Å². The van der Waals surface area contributed by atoms with Crippen LogP contribution in [0, 0.1) is 12.8 Å². The first-order valence-electron chi connectivity index (χ1n) is 5.09. The van der Waals surface area contributed by atoms with E-state index in [0.717, 1.165) is 11.5 Å². The Hall–Kier alpha value is -0.780. The van der Waals surface area contributed by atoms with Gasteiger partial charge in [0.1, 0.15) is 0 Å². The van der Waals surface area contributed by atoms with Crippen LogP contribution in [0.3, 0.4) is 0 Å². The second kappa shape index (κ2) is 5.06. The quantitative estimate of drug-likeness (QED) is 0.652. The predicted octanol–water partition coefficient (Wildman–Crippen LogP) is 3.85. The average molecular weight is 175 g/mol. The zero-order valence-electron chi connectivity index (χ0n) is 8.72. The molecule has 1 radical (unpaired) electrons. The molecule has 0 saturated heterocycles. The van der Waals surface area contributed by atoms with Crippen LogP contribution in [0.25, 0.3) is 0 Å². The highest BCUT2D eigenvalue weighted by Gasteiger charge is 1.96. The normalized spacial score (nSPS) is 10.8. The molecule has 1 rings (SSSR count). The molecule has 0 nitrogen and oxygen atoms in total. The lowest BCUT2D eigenvalue weighted by molar-refractivity contribution is 0.556. The van der Waals surface area contributed by atoms with E-state index < -0.39 is 0 Å². The monoisotopic (exact) mass is 175 g/mol. The fourth-order valence-electron chi connectivity index (χ4n) is 1.50. The molecule has 0 fully saturated rings. The molecule has 0 heterocycles. The zero-order valence-corrected chi connectivity index (χ0v) is 8.72. The molecular formula is C13H19. The van der Waals surface area contributed by atoms with Crippen molar-refractivity contribution in [3.05, 3.63) is 42.3 Å². The van der Waals surface area contributed by atoms with Crippen LogP contribution < -0.4 is 0 Å². The first-order chi connectivity index (χ1) is 6.18. The van der Waals surface area contributed by atoms with Crippen LogP contribution in [0.1, 0.15) is 37.8 Å². The van der Waals surface area contributed by atoms with Crippen molar-refractivity contribution < 1.29 is 0 Å². The standard InChI is InChI=1S/C13H19/c1-11(2)6-4-8-13-9-5-7-12(3)10-13/h5,7,9-11H,3-4,6,8H2,1-2H3. The summed E-state index contributed by atoms with van der Waals surface area (Å²) in [4.78, 5) is 0. The van der Waals surface area contributed by atoms with E-state index in [0.29, 0.717) is 0 Å². The van der Waals surface area contributed by atoms with E-state index in [1.807, 2.05) is 6.07 Å². The van der Waals surface area contributed by atoms with Crippen LogP contribution in [0.4, 0.5) is 0 Å². The third-order valence-corrected chi connectivity index (χ3v) is 2.24. The predicted molar refractivity (Wildman–Crippen MR) is 58.7 cm³/mol. The molecule has 0 N–H and O–H groups in total. The Morgan fingerprint density at radius 3 is 2.69 bits per heavy atom. The molecule has 0 atom stereocenters. The molecule has 0 saturated carbocycles. The molecule has 0 unspecified atom stereocenters. The molecule has 13 heavy (non-hydrogen) atoms. The van der Waals surface area contributed by atoms with Gasteiger partial charge in [-0.1, -0.05) is 44.5 Å². The lowest BCUT2D eigenvalue weighted by Crippen LogP contribution is -1.91. The Balaban J connectivity index is 2.37. The van der Waals surface area contributed by atoms with Crippen LogP contribution >= 0.6 is 0 Å². The van der Waals surface area contributed by atoms with Gasteiger partial charge in [-0.05, 0) is 36.8 Å². The Labute approximate surface area is 82.0 Å². The van der Waals surface area contributed by atoms with Crippen molar-refractivity contribution in [3.8, 4) is 0 Å². The third-order valence-electron chi connectivity index (χ3n) is 2.24. The molecule has 1 aromatic rings. The molecule has 0 aromatic heterocycles. The van der Waals surface area contributed by atoms with Crippen molar-refractivity contribution >= 4 is 0 Å².